The van der Waals surface area contributed by atoms with E-state index < -0.39 is 46.5 Å². The van der Waals surface area contributed by atoms with Gasteiger partial charge < -0.3 is 18.6 Å². The van der Waals surface area contributed by atoms with Crippen molar-refractivity contribution in [1.82, 2.24) is 0 Å². The summed E-state index contributed by atoms with van der Waals surface area (Å²) in [7, 11) is 1.16. The Hall–Kier alpha value is -4.67. The van der Waals surface area contributed by atoms with Gasteiger partial charge in [-0.05, 0) is 54.6 Å². The fourth-order valence-corrected chi connectivity index (χ4v) is 3.18. The van der Waals surface area contributed by atoms with Crippen LogP contribution in [0, 0.1) is 5.82 Å². The Bertz CT molecular complexity index is 1520. The van der Waals surface area contributed by atoms with Crippen LogP contribution in [0.15, 0.2) is 75.9 Å². The molecule has 0 saturated heterocycles. The topological polar surface area (TPSA) is 92.0 Å². The minimum Gasteiger partial charge on any atom is -0.465 e. The van der Waals surface area contributed by atoms with Crippen LogP contribution in [0.4, 0.5) is 17.6 Å². The van der Waals surface area contributed by atoms with Gasteiger partial charge in [0.25, 0.3) is 5.76 Å². The van der Waals surface area contributed by atoms with Crippen molar-refractivity contribution in [3.05, 3.63) is 99.7 Å². The summed E-state index contributed by atoms with van der Waals surface area (Å²) in [4.78, 5) is 36.7. The molecule has 4 rings (SSSR count). The summed E-state index contributed by atoms with van der Waals surface area (Å²) >= 11 is 0. The molecule has 0 unspecified atom stereocenters. The molecular weight excluding hydrogens is 488 g/mol. The van der Waals surface area contributed by atoms with E-state index in [0.29, 0.717) is 0 Å². The first kappa shape index (κ1) is 24.5. The Balaban J connectivity index is 1.71. The standard InChI is InChI=1S/C25H14F4O7/c1-33-23(31)13-5-7-16(8-6-13)34-21-20(30)18-10-9-17(12-19(18)36-22(21)25(27,28)29)35-24(32)14-3-2-4-15(26)11-14/h2-12H,1H3. The maximum Gasteiger partial charge on any atom is 0.453 e. The first-order valence-electron chi connectivity index (χ1n) is 10.1. The molecule has 36 heavy (non-hydrogen) atoms. The van der Waals surface area contributed by atoms with Crippen molar-refractivity contribution in [1.29, 1.82) is 0 Å². The lowest BCUT2D eigenvalue weighted by Crippen LogP contribution is -2.15. The number of hydrogen-bond acceptors (Lipinski definition) is 7. The molecule has 0 amide bonds. The Morgan fingerprint density at radius 1 is 0.861 bits per heavy atom. The average Bonchev–Trinajstić information content (AvgIpc) is 2.84. The van der Waals surface area contributed by atoms with Crippen LogP contribution in [0.25, 0.3) is 11.0 Å². The van der Waals surface area contributed by atoms with Crippen molar-refractivity contribution in [2.24, 2.45) is 0 Å². The zero-order chi connectivity index (χ0) is 26.0. The molecule has 0 N–H and O–H groups in total. The maximum atomic E-state index is 13.7. The van der Waals surface area contributed by atoms with Crippen molar-refractivity contribution in [3.63, 3.8) is 0 Å². The molecule has 0 atom stereocenters. The summed E-state index contributed by atoms with van der Waals surface area (Å²) in [5.41, 5.74) is -1.67. The lowest BCUT2D eigenvalue weighted by atomic mass is 10.2. The van der Waals surface area contributed by atoms with Crippen LogP contribution in [-0.2, 0) is 10.9 Å². The van der Waals surface area contributed by atoms with Gasteiger partial charge in [0.2, 0.25) is 11.2 Å². The second-order valence-corrected chi connectivity index (χ2v) is 7.26. The van der Waals surface area contributed by atoms with Gasteiger partial charge in [-0.25, -0.2) is 14.0 Å². The number of fused-ring (bicyclic) bond motifs is 1. The minimum absolute atomic E-state index is 0.117. The van der Waals surface area contributed by atoms with Crippen LogP contribution in [0.1, 0.15) is 26.5 Å². The minimum atomic E-state index is -5.12. The molecule has 0 radical (unpaired) electrons. The molecule has 0 aliphatic rings. The maximum absolute atomic E-state index is 13.7. The molecule has 11 heteroatoms. The highest BCUT2D eigenvalue weighted by Gasteiger charge is 2.40. The predicted octanol–water partition coefficient (Wildman–Crippen LogP) is 5.75. The summed E-state index contributed by atoms with van der Waals surface area (Å²) in [6.45, 7) is 0. The molecule has 184 valence electrons. The molecule has 3 aromatic carbocycles. The quantitative estimate of drug-likeness (QED) is 0.195. The Labute approximate surface area is 199 Å². The molecule has 0 aliphatic carbocycles. The van der Waals surface area contributed by atoms with Crippen LogP contribution in [0.3, 0.4) is 0 Å². The van der Waals surface area contributed by atoms with E-state index in [1.807, 2.05) is 0 Å². The highest BCUT2D eigenvalue weighted by atomic mass is 19.4. The van der Waals surface area contributed by atoms with Crippen LogP contribution in [-0.4, -0.2) is 19.0 Å². The molecule has 0 aliphatic heterocycles. The van der Waals surface area contributed by atoms with Crippen molar-refractivity contribution in [2.75, 3.05) is 7.11 Å². The molecule has 0 saturated carbocycles. The number of rotatable bonds is 5. The van der Waals surface area contributed by atoms with Gasteiger partial charge in [-0.1, -0.05) is 6.07 Å². The fourth-order valence-electron chi connectivity index (χ4n) is 3.18. The molecule has 4 aromatic rings. The summed E-state index contributed by atoms with van der Waals surface area (Å²) in [6.07, 6.45) is -5.12. The van der Waals surface area contributed by atoms with E-state index in [1.54, 1.807) is 0 Å². The van der Waals surface area contributed by atoms with Gasteiger partial charge in [0.05, 0.1) is 23.6 Å². The van der Waals surface area contributed by atoms with Gasteiger partial charge in [-0.3, -0.25) is 4.79 Å². The summed E-state index contributed by atoms with van der Waals surface area (Å²) < 4.78 is 74.4. The van der Waals surface area contributed by atoms with E-state index in [2.05, 4.69) is 4.74 Å². The number of esters is 2. The van der Waals surface area contributed by atoms with Crippen LogP contribution >= 0.6 is 0 Å². The second kappa shape index (κ2) is 9.53. The molecule has 0 spiro atoms. The van der Waals surface area contributed by atoms with Crippen molar-refractivity contribution in [3.8, 4) is 17.2 Å². The molecule has 1 heterocycles. The number of methoxy groups -OCH3 is 1. The van der Waals surface area contributed by atoms with Gasteiger partial charge in [0.1, 0.15) is 22.9 Å². The molecule has 0 fully saturated rings. The zero-order valence-corrected chi connectivity index (χ0v) is 18.2. The van der Waals surface area contributed by atoms with Gasteiger partial charge in [0.15, 0.2) is 0 Å². The predicted molar refractivity (Wildman–Crippen MR) is 117 cm³/mol. The first-order chi connectivity index (χ1) is 17.1. The van der Waals surface area contributed by atoms with Crippen LogP contribution < -0.4 is 14.9 Å². The first-order valence-corrected chi connectivity index (χ1v) is 10.1. The summed E-state index contributed by atoms with van der Waals surface area (Å²) in [5, 5.41) is -0.283. The SMILES string of the molecule is COC(=O)c1ccc(Oc2c(C(F)(F)F)oc3cc(OC(=O)c4cccc(F)c4)ccc3c2=O)cc1. The second-order valence-electron chi connectivity index (χ2n) is 7.26. The highest BCUT2D eigenvalue weighted by Crippen LogP contribution is 2.38. The average molecular weight is 502 g/mol. The number of carbonyl (C=O) groups is 2. The van der Waals surface area contributed by atoms with E-state index in [0.717, 1.165) is 31.4 Å². The third-order valence-electron chi connectivity index (χ3n) is 4.85. The Kier molecular flexibility index (Phi) is 6.47. The summed E-state index contributed by atoms with van der Waals surface area (Å²) in [5.74, 6) is -5.56. The lowest BCUT2D eigenvalue weighted by Gasteiger charge is -2.14. The third-order valence-corrected chi connectivity index (χ3v) is 4.85. The van der Waals surface area contributed by atoms with Gasteiger partial charge >= 0.3 is 18.1 Å². The highest BCUT2D eigenvalue weighted by molar-refractivity contribution is 5.92. The Morgan fingerprint density at radius 3 is 2.19 bits per heavy atom. The molecular formula is C25H14F4O7. The fraction of sp³-hybridized carbons (Fsp3) is 0.0800. The number of hydrogen-bond donors (Lipinski definition) is 0. The zero-order valence-electron chi connectivity index (χ0n) is 18.2. The van der Waals surface area contributed by atoms with Crippen LogP contribution in [0.2, 0.25) is 0 Å². The third kappa shape index (κ3) is 5.04. The number of ether oxygens (including phenoxy) is 3. The molecule has 0 bridgehead atoms. The Morgan fingerprint density at radius 2 is 1.56 bits per heavy atom. The normalized spacial score (nSPS) is 11.2. The van der Waals surface area contributed by atoms with E-state index in [9.17, 15) is 31.9 Å². The lowest BCUT2D eigenvalue weighted by molar-refractivity contribution is -0.154. The number of alkyl halides is 3. The van der Waals surface area contributed by atoms with E-state index in [-0.39, 0.29) is 28.0 Å². The van der Waals surface area contributed by atoms with Crippen molar-refractivity contribution >= 4 is 22.9 Å². The van der Waals surface area contributed by atoms with Gasteiger partial charge in [-0.15, -0.1) is 0 Å². The number of carbonyl (C=O) groups excluding carboxylic acids is 2. The number of benzene rings is 3. The number of halogens is 4. The van der Waals surface area contributed by atoms with E-state index >= 15 is 0 Å². The van der Waals surface area contributed by atoms with Crippen molar-refractivity contribution in [2.45, 2.75) is 6.18 Å². The van der Waals surface area contributed by atoms with Crippen molar-refractivity contribution < 1.29 is 45.8 Å². The van der Waals surface area contributed by atoms with E-state index in [4.69, 9.17) is 13.9 Å². The van der Waals surface area contributed by atoms with Gasteiger partial charge in [0, 0.05) is 6.07 Å². The van der Waals surface area contributed by atoms with Gasteiger partial charge in [-0.2, -0.15) is 13.2 Å². The van der Waals surface area contributed by atoms with Crippen LogP contribution in [0.5, 0.6) is 17.2 Å². The molecule has 7 nitrogen and oxygen atoms in total. The smallest absolute Gasteiger partial charge is 0.453 e. The molecule has 1 aromatic heterocycles. The summed E-state index contributed by atoms with van der Waals surface area (Å²) in [6, 6.07) is 12.7. The largest absolute Gasteiger partial charge is 0.465 e. The monoisotopic (exact) mass is 502 g/mol. The van der Waals surface area contributed by atoms with E-state index in [1.165, 1.54) is 42.5 Å².